The SMILES string of the molecule is Cc1ccc(COc2c3cc(C(C)(C)C)cc2Cc2cc(C(C)(C)C)cc4c2OCc2ccc5ccc6ccc(nc6c5n2)COc2c(cc(C(C)(C)C)cc2Cc2cc(C(C)(C)C)cc(c2OCc2ccc(C)cc2)Cc2cc(C(C)(C)C)cc(c2O)C4)Cc2cc(C(C)(C)C)cc(c2O)C3)cc1. The highest BCUT2D eigenvalue weighted by Crippen LogP contribution is 2.47. The fourth-order valence-electron chi connectivity index (χ4n) is 14.7. The summed E-state index contributed by atoms with van der Waals surface area (Å²) in [4.78, 5) is 11.0. The zero-order valence-corrected chi connectivity index (χ0v) is 65.5. The molecule has 2 aliphatic rings. The first kappa shape index (κ1) is 72.9. The number of aromatic hydroxyl groups is 2. The Kier molecular flexibility index (Phi) is 19.3. The molecular weight excluding hydrogens is 1280 g/mol. The molecule has 0 aliphatic carbocycles. The van der Waals surface area contributed by atoms with E-state index in [2.05, 4.69) is 296 Å². The van der Waals surface area contributed by atoms with Crippen molar-refractivity contribution in [2.24, 2.45) is 0 Å². The number of phenols is 2. The van der Waals surface area contributed by atoms with E-state index < -0.39 is 0 Å². The number of fused-ring (bicyclic) bond motifs is 10. The van der Waals surface area contributed by atoms with Crippen LogP contribution in [0.5, 0.6) is 34.5 Å². The fraction of sp³-hybridized carbons (Fsp3) is 0.375. The summed E-state index contributed by atoms with van der Waals surface area (Å²) in [5.41, 5.74) is 23.5. The Labute approximate surface area is 619 Å². The van der Waals surface area contributed by atoms with Crippen LogP contribution < -0.4 is 18.9 Å². The van der Waals surface area contributed by atoms with Crippen LogP contribution in [0, 0.1) is 13.8 Å². The summed E-state index contributed by atoms with van der Waals surface area (Å²) in [6.07, 6.45) is 2.32. The van der Waals surface area contributed by atoms with Crippen molar-refractivity contribution in [1.82, 2.24) is 9.97 Å². The van der Waals surface area contributed by atoms with Gasteiger partial charge < -0.3 is 29.2 Å². The summed E-state index contributed by atoms with van der Waals surface area (Å²) in [5, 5.41) is 29.1. The third-order valence-corrected chi connectivity index (χ3v) is 21.4. The third-order valence-electron chi connectivity index (χ3n) is 21.4. The number of benzene rings is 9. The maximum atomic E-state index is 13.6. The molecule has 2 N–H and O–H groups in total. The minimum Gasteiger partial charge on any atom is -0.507 e. The number of aryl methyl sites for hydroxylation is 2. The first-order valence-electron chi connectivity index (χ1n) is 37.5. The van der Waals surface area contributed by atoms with Gasteiger partial charge in [-0.05, 0) is 170 Å². The Morgan fingerprint density at radius 2 is 0.538 bits per heavy atom. The highest BCUT2D eigenvalue weighted by molar-refractivity contribution is 6.02. The predicted octanol–water partition coefficient (Wildman–Crippen LogP) is 23.1. The third kappa shape index (κ3) is 15.8. The molecule has 0 saturated heterocycles. The standard InChI is InChI=1S/C96H108N2O6/c1-57-21-25-59(26-22-57)53-101-87-67-35-63-41-75(91(3,4)5)43-65(85(63)99)37-70-48-80(96(18,19)20)52-74-40-72-50-78(94(12,13)14)46-68(88(72)102-54-60-27-23-58(2)24-28-60)36-64-42-76(92(6,7)8)44-66(86(64)100)38-69-47-79(95(15,16)17)51-73(39-71(87)49-77(45-67)93(9,10)11)89(69)103-55-81-33-31-61-29-30-62-32-34-82(56-104-90(70)74)98-84(62)83(61)97-81/h21-34,41-52,99-100H,35-40,53-56H2,1-20H3. The van der Waals surface area contributed by atoms with Gasteiger partial charge in [0.05, 0.1) is 22.4 Å². The van der Waals surface area contributed by atoms with Gasteiger partial charge in [-0.3, -0.25) is 0 Å². The molecule has 2 aliphatic heterocycles. The monoisotopic (exact) mass is 1380 g/mol. The Morgan fingerprint density at radius 1 is 0.308 bits per heavy atom. The lowest BCUT2D eigenvalue weighted by atomic mass is 9.79. The number of rotatable bonds is 6. The van der Waals surface area contributed by atoms with Gasteiger partial charge in [-0.1, -0.05) is 281 Å². The predicted molar refractivity (Wildman–Crippen MR) is 428 cm³/mol. The van der Waals surface area contributed by atoms with Crippen molar-refractivity contribution in [1.29, 1.82) is 0 Å². The van der Waals surface area contributed by atoms with E-state index in [1.54, 1.807) is 0 Å². The number of aromatic nitrogens is 2. The average Bonchev–Trinajstić information content (AvgIpc) is 0.799. The summed E-state index contributed by atoms with van der Waals surface area (Å²) in [6, 6.07) is 57.5. The molecule has 0 amide bonds. The van der Waals surface area contributed by atoms with E-state index in [1.807, 2.05) is 0 Å². The molecule has 11 aromatic rings. The first-order chi connectivity index (χ1) is 48.9. The highest BCUT2D eigenvalue weighted by Gasteiger charge is 2.32. The Hall–Kier alpha value is -9.40. The van der Waals surface area contributed by atoms with E-state index in [4.69, 9.17) is 28.9 Å². The molecule has 8 nitrogen and oxygen atoms in total. The van der Waals surface area contributed by atoms with Crippen LogP contribution in [0.4, 0.5) is 0 Å². The summed E-state index contributed by atoms with van der Waals surface area (Å²) in [7, 11) is 0. The second-order valence-electron chi connectivity index (χ2n) is 36.3. The van der Waals surface area contributed by atoms with E-state index in [9.17, 15) is 10.2 Å². The number of phenolic OH excluding ortho intramolecular Hbond substituents is 2. The average molecular weight is 1390 g/mol. The van der Waals surface area contributed by atoms with Crippen molar-refractivity contribution < 1.29 is 29.2 Å². The number of nitrogens with zero attached hydrogens (tertiary/aromatic N) is 2. The molecule has 0 radical (unpaired) electrons. The number of ether oxygens (including phenoxy) is 4. The summed E-state index contributed by atoms with van der Waals surface area (Å²) < 4.78 is 30.1. The van der Waals surface area contributed by atoms with E-state index >= 15 is 0 Å². The van der Waals surface area contributed by atoms with Crippen molar-refractivity contribution in [3.05, 3.63) is 292 Å². The van der Waals surface area contributed by atoms with Gasteiger partial charge in [0.2, 0.25) is 0 Å². The van der Waals surface area contributed by atoms with Crippen molar-refractivity contribution in [3.8, 4) is 34.5 Å². The molecular formula is C96H108N2O6. The molecule has 0 spiro atoms. The Balaban J connectivity index is 1.19. The van der Waals surface area contributed by atoms with Crippen molar-refractivity contribution in [2.75, 3.05) is 0 Å². The number of hydrogen-bond donors (Lipinski definition) is 2. The number of hydrogen-bond acceptors (Lipinski definition) is 8. The van der Waals surface area contributed by atoms with E-state index in [0.29, 0.717) is 51.7 Å². The van der Waals surface area contributed by atoms with Crippen LogP contribution in [-0.2, 0) is 97.4 Å². The zero-order valence-electron chi connectivity index (χ0n) is 65.5. The van der Waals surface area contributed by atoms with Crippen LogP contribution in [0.15, 0.2) is 158 Å². The highest BCUT2D eigenvalue weighted by atomic mass is 16.5. The second-order valence-corrected chi connectivity index (χ2v) is 36.3. The van der Waals surface area contributed by atoms with Gasteiger partial charge >= 0.3 is 0 Å². The van der Waals surface area contributed by atoms with Gasteiger partial charge in [0.15, 0.2) is 0 Å². The van der Waals surface area contributed by atoms with E-state index in [1.165, 1.54) is 11.1 Å². The van der Waals surface area contributed by atoms with Gasteiger partial charge in [-0.2, -0.15) is 0 Å². The molecule has 0 saturated carbocycles. The van der Waals surface area contributed by atoms with Crippen LogP contribution in [0.25, 0.3) is 21.8 Å². The molecule has 8 heteroatoms. The molecule has 0 unspecified atom stereocenters. The lowest BCUT2D eigenvalue weighted by Crippen LogP contribution is -2.17. The molecule has 0 atom stereocenters. The zero-order chi connectivity index (χ0) is 74.3. The van der Waals surface area contributed by atoms with Gasteiger partial charge in [-0.15, -0.1) is 0 Å². The van der Waals surface area contributed by atoms with Crippen LogP contribution in [0.3, 0.4) is 0 Å². The fourth-order valence-corrected chi connectivity index (χ4v) is 14.7. The quantitative estimate of drug-likeness (QED) is 0.159. The van der Waals surface area contributed by atoms with Crippen LogP contribution in [0.1, 0.15) is 258 Å². The van der Waals surface area contributed by atoms with Crippen LogP contribution in [-0.4, -0.2) is 20.2 Å². The van der Waals surface area contributed by atoms with Crippen molar-refractivity contribution in [3.63, 3.8) is 0 Å². The molecule has 104 heavy (non-hydrogen) atoms. The summed E-state index contributed by atoms with van der Waals surface area (Å²) in [6.45, 7) is 46.1. The lowest BCUT2D eigenvalue weighted by Gasteiger charge is -2.28. The van der Waals surface area contributed by atoms with Crippen LogP contribution in [0.2, 0.25) is 0 Å². The molecule has 14 bridgehead atoms. The second kappa shape index (κ2) is 27.6. The molecule has 538 valence electrons. The molecule has 13 rings (SSSR count). The summed E-state index contributed by atoms with van der Waals surface area (Å²) >= 11 is 0. The minimum absolute atomic E-state index is 0.146. The Morgan fingerprint density at radius 3 is 0.808 bits per heavy atom. The Bertz CT molecular complexity index is 4790. The lowest BCUT2D eigenvalue weighted by molar-refractivity contribution is 0.293. The van der Waals surface area contributed by atoms with Gasteiger partial charge in [0, 0.05) is 49.3 Å². The largest absolute Gasteiger partial charge is 0.507 e. The normalized spacial score (nSPS) is 14.0. The molecule has 2 aromatic heterocycles. The molecule has 9 aromatic carbocycles. The van der Waals surface area contributed by atoms with Gasteiger partial charge in [0.1, 0.15) is 60.9 Å². The number of pyridine rings is 2. The van der Waals surface area contributed by atoms with E-state index in [-0.39, 0.29) is 57.2 Å². The van der Waals surface area contributed by atoms with E-state index in [0.717, 1.165) is 167 Å². The van der Waals surface area contributed by atoms with Gasteiger partial charge in [0.25, 0.3) is 0 Å². The van der Waals surface area contributed by atoms with Crippen LogP contribution >= 0.6 is 0 Å². The molecule has 4 heterocycles. The van der Waals surface area contributed by atoms with Gasteiger partial charge in [-0.25, -0.2) is 9.97 Å². The topological polar surface area (TPSA) is 103 Å². The molecule has 0 fully saturated rings. The minimum atomic E-state index is -0.318. The first-order valence-corrected chi connectivity index (χ1v) is 37.5. The maximum absolute atomic E-state index is 13.6. The maximum Gasteiger partial charge on any atom is 0.130 e. The smallest absolute Gasteiger partial charge is 0.130 e. The summed E-state index contributed by atoms with van der Waals surface area (Å²) in [5.74, 6) is 3.49. The van der Waals surface area contributed by atoms with Crippen molar-refractivity contribution >= 4 is 21.8 Å². The van der Waals surface area contributed by atoms with Crippen molar-refractivity contribution in [2.45, 2.75) is 236 Å².